The summed E-state index contributed by atoms with van der Waals surface area (Å²) in [5.41, 5.74) is 0. The summed E-state index contributed by atoms with van der Waals surface area (Å²) in [4.78, 5) is 22.0. The number of ether oxygens (including phenoxy) is 2. The van der Waals surface area contributed by atoms with Gasteiger partial charge in [-0.05, 0) is 12.8 Å². The number of methoxy groups -OCH3 is 1. The lowest BCUT2D eigenvalue weighted by Gasteiger charge is -2.19. The van der Waals surface area contributed by atoms with E-state index >= 15 is 0 Å². The van der Waals surface area contributed by atoms with Crippen LogP contribution >= 0.6 is 0 Å². The Hall–Kier alpha value is -0.900. The van der Waals surface area contributed by atoms with Gasteiger partial charge in [-0.25, -0.2) is 4.79 Å². The molecular weight excluding hydrogens is 160 g/mol. The van der Waals surface area contributed by atoms with E-state index in [1.54, 1.807) is 0 Å². The Bertz CT molecular complexity index is 181. The molecule has 12 heavy (non-hydrogen) atoms. The van der Waals surface area contributed by atoms with Gasteiger partial charge in [0.1, 0.15) is 0 Å². The summed E-state index contributed by atoms with van der Waals surface area (Å²) in [6, 6.07) is 0. The maximum absolute atomic E-state index is 11.2. The van der Waals surface area contributed by atoms with Crippen molar-refractivity contribution in [1.29, 1.82) is 0 Å². The fourth-order valence-corrected chi connectivity index (χ4v) is 1.23. The number of rotatable bonds is 2. The minimum atomic E-state index is -0.734. The molecule has 0 N–H and O–H groups in total. The number of ketones is 1. The third kappa shape index (κ3) is 2.04. The number of hydrogen-bond donors (Lipinski definition) is 0. The zero-order valence-electron chi connectivity index (χ0n) is 7.04. The van der Waals surface area contributed by atoms with E-state index in [2.05, 4.69) is 4.74 Å². The second-order valence-corrected chi connectivity index (χ2v) is 2.74. The summed E-state index contributed by atoms with van der Waals surface area (Å²) >= 11 is 0. The monoisotopic (exact) mass is 172 g/mol. The highest BCUT2D eigenvalue weighted by atomic mass is 16.5. The first-order valence-electron chi connectivity index (χ1n) is 3.95. The molecule has 1 rings (SSSR count). The average Bonchev–Trinajstić information content (AvgIpc) is 2.17. The van der Waals surface area contributed by atoms with Crippen molar-refractivity contribution in [3.8, 4) is 0 Å². The number of carbonyl (C=O) groups is 2. The molecule has 1 aliphatic heterocycles. The molecule has 0 aromatic rings. The van der Waals surface area contributed by atoms with Crippen LogP contribution in [0.3, 0.4) is 0 Å². The van der Waals surface area contributed by atoms with Gasteiger partial charge in [0.2, 0.25) is 5.78 Å². The van der Waals surface area contributed by atoms with Crippen LogP contribution in [0, 0.1) is 5.92 Å². The molecule has 0 unspecified atom stereocenters. The van der Waals surface area contributed by atoms with E-state index in [0.717, 1.165) is 0 Å². The smallest absolute Gasteiger partial charge is 0.374 e. The highest BCUT2D eigenvalue weighted by molar-refractivity contribution is 6.34. The molecule has 0 spiro atoms. The first-order valence-corrected chi connectivity index (χ1v) is 3.95. The standard InChI is InChI=1S/C8H12O4/c1-11-8(10)7(9)6-2-4-12-5-3-6/h6H,2-5H2,1H3. The first-order chi connectivity index (χ1) is 5.75. The molecule has 4 heteroatoms. The average molecular weight is 172 g/mol. The van der Waals surface area contributed by atoms with Crippen LogP contribution in [0.25, 0.3) is 0 Å². The van der Waals surface area contributed by atoms with Gasteiger partial charge in [0.05, 0.1) is 7.11 Å². The van der Waals surface area contributed by atoms with Gasteiger partial charge in [0.15, 0.2) is 0 Å². The van der Waals surface area contributed by atoms with E-state index < -0.39 is 11.8 Å². The van der Waals surface area contributed by atoms with Gasteiger partial charge in [0, 0.05) is 19.1 Å². The Morgan fingerprint density at radius 3 is 2.42 bits per heavy atom. The fourth-order valence-electron chi connectivity index (χ4n) is 1.23. The topological polar surface area (TPSA) is 52.6 Å². The second-order valence-electron chi connectivity index (χ2n) is 2.74. The molecule has 0 amide bonds. The van der Waals surface area contributed by atoms with Crippen LogP contribution < -0.4 is 0 Å². The summed E-state index contributed by atoms with van der Waals surface area (Å²) in [5, 5.41) is 0. The van der Waals surface area contributed by atoms with Crippen LogP contribution in [0.4, 0.5) is 0 Å². The van der Waals surface area contributed by atoms with Crippen molar-refractivity contribution < 1.29 is 19.1 Å². The van der Waals surface area contributed by atoms with Crippen LogP contribution in [0.5, 0.6) is 0 Å². The highest BCUT2D eigenvalue weighted by Crippen LogP contribution is 2.15. The largest absolute Gasteiger partial charge is 0.463 e. The summed E-state index contributed by atoms with van der Waals surface area (Å²) in [6.45, 7) is 1.13. The third-order valence-corrected chi connectivity index (χ3v) is 1.98. The van der Waals surface area contributed by atoms with Crippen molar-refractivity contribution in [1.82, 2.24) is 0 Å². The maximum atomic E-state index is 11.2. The summed E-state index contributed by atoms with van der Waals surface area (Å²) in [7, 11) is 1.22. The minimum absolute atomic E-state index is 0.189. The summed E-state index contributed by atoms with van der Waals surface area (Å²) in [6.07, 6.45) is 1.27. The molecule has 4 nitrogen and oxygen atoms in total. The molecule has 1 saturated heterocycles. The van der Waals surface area contributed by atoms with Gasteiger partial charge in [0.25, 0.3) is 0 Å². The zero-order valence-corrected chi connectivity index (χ0v) is 7.04. The molecule has 0 atom stereocenters. The lowest BCUT2D eigenvalue weighted by atomic mass is 9.95. The van der Waals surface area contributed by atoms with E-state index in [1.807, 2.05) is 0 Å². The van der Waals surface area contributed by atoms with Crippen molar-refractivity contribution in [2.45, 2.75) is 12.8 Å². The first kappa shape index (κ1) is 9.19. The molecule has 0 saturated carbocycles. The van der Waals surface area contributed by atoms with E-state index in [1.165, 1.54) is 7.11 Å². The molecule has 0 aromatic heterocycles. The van der Waals surface area contributed by atoms with E-state index in [9.17, 15) is 9.59 Å². The Balaban J connectivity index is 2.45. The molecule has 0 radical (unpaired) electrons. The second kappa shape index (κ2) is 4.21. The highest BCUT2D eigenvalue weighted by Gasteiger charge is 2.27. The quantitative estimate of drug-likeness (QED) is 0.439. The Morgan fingerprint density at radius 2 is 1.92 bits per heavy atom. The molecule has 0 aliphatic carbocycles. The van der Waals surface area contributed by atoms with Crippen LogP contribution in [0.15, 0.2) is 0 Å². The summed E-state index contributed by atoms with van der Waals surface area (Å²) in [5.74, 6) is -1.34. The van der Waals surface area contributed by atoms with Crippen LogP contribution in [-0.2, 0) is 19.1 Å². The van der Waals surface area contributed by atoms with Crippen molar-refractivity contribution >= 4 is 11.8 Å². The lowest BCUT2D eigenvalue weighted by Crippen LogP contribution is -2.29. The van der Waals surface area contributed by atoms with Crippen molar-refractivity contribution in [3.05, 3.63) is 0 Å². The molecule has 1 heterocycles. The van der Waals surface area contributed by atoms with Gasteiger partial charge < -0.3 is 9.47 Å². The predicted octanol–water partition coefficient (Wildman–Crippen LogP) is 0.155. The molecular formula is C8H12O4. The van der Waals surface area contributed by atoms with Crippen molar-refractivity contribution in [3.63, 3.8) is 0 Å². The maximum Gasteiger partial charge on any atom is 0.374 e. The normalized spacial score (nSPS) is 18.8. The number of Topliss-reactive ketones (excluding diaryl/α,β-unsaturated/α-hetero) is 1. The zero-order chi connectivity index (χ0) is 8.97. The van der Waals surface area contributed by atoms with Crippen LogP contribution in [0.1, 0.15) is 12.8 Å². The number of carbonyl (C=O) groups excluding carboxylic acids is 2. The van der Waals surface area contributed by atoms with Gasteiger partial charge in [-0.2, -0.15) is 0 Å². The third-order valence-electron chi connectivity index (χ3n) is 1.98. The van der Waals surface area contributed by atoms with E-state index in [-0.39, 0.29) is 5.92 Å². The van der Waals surface area contributed by atoms with Gasteiger partial charge >= 0.3 is 5.97 Å². The Labute approximate surface area is 70.8 Å². The number of hydrogen-bond acceptors (Lipinski definition) is 4. The summed E-state index contributed by atoms with van der Waals surface area (Å²) < 4.78 is 9.39. The molecule has 1 fully saturated rings. The molecule has 68 valence electrons. The lowest BCUT2D eigenvalue weighted by molar-refractivity contribution is -0.154. The van der Waals surface area contributed by atoms with Gasteiger partial charge in [-0.15, -0.1) is 0 Å². The SMILES string of the molecule is COC(=O)C(=O)C1CCOCC1. The number of esters is 1. The molecule has 0 aromatic carbocycles. The molecule has 0 bridgehead atoms. The Morgan fingerprint density at radius 1 is 1.33 bits per heavy atom. The fraction of sp³-hybridized carbons (Fsp3) is 0.750. The van der Waals surface area contributed by atoms with Crippen LogP contribution in [0.2, 0.25) is 0 Å². The van der Waals surface area contributed by atoms with Gasteiger partial charge in [-0.3, -0.25) is 4.79 Å². The molecule has 1 aliphatic rings. The van der Waals surface area contributed by atoms with Crippen molar-refractivity contribution in [2.24, 2.45) is 5.92 Å². The van der Waals surface area contributed by atoms with E-state index in [0.29, 0.717) is 26.1 Å². The van der Waals surface area contributed by atoms with E-state index in [4.69, 9.17) is 4.74 Å². The predicted molar refractivity (Wildman–Crippen MR) is 40.6 cm³/mol. The van der Waals surface area contributed by atoms with Crippen LogP contribution in [-0.4, -0.2) is 32.1 Å². The Kier molecular flexibility index (Phi) is 3.22. The van der Waals surface area contributed by atoms with Gasteiger partial charge in [-0.1, -0.05) is 0 Å². The minimum Gasteiger partial charge on any atom is -0.463 e. The van der Waals surface area contributed by atoms with Crippen molar-refractivity contribution in [2.75, 3.05) is 20.3 Å².